The smallest absolute Gasteiger partial charge is 0.282 e. The van der Waals surface area contributed by atoms with Crippen molar-refractivity contribution in [3.05, 3.63) is 76.1 Å². The SMILES string of the molecule is CCOc1ccc(NC2=C(c3cccs3)C(=O)N(c3cc(C)ccc3OC)C2=O)cc1. The zero-order valence-electron chi connectivity index (χ0n) is 17.5. The minimum absolute atomic E-state index is 0.236. The maximum Gasteiger partial charge on any atom is 0.282 e. The van der Waals surface area contributed by atoms with Crippen LogP contribution in [0.1, 0.15) is 17.4 Å². The number of hydrogen-bond donors (Lipinski definition) is 1. The van der Waals surface area contributed by atoms with Gasteiger partial charge in [-0.05, 0) is 67.3 Å². The number of carbonyl (C=O) groups excluding carboxylic acids is 2. The number of anilines is 2. The number of rotatable bonds is 7. The average Bonchev–Trinajstić information content (AvgIpc) is 3.36. The lowest BCUT2D eigenvalue weighted by Crippen LogP contribution is -2.32. The van der Waals surface area contributed by atoms with E-state index in [1.165, 1.54) is 23.3 Å². The number of nitrogens with one attached hydrogen (secondary N) is 1. The lowest BCUT2D eigenvalue weighted by atomic mass is 10.1. The molecule has 0 saturated carbocycles. The Hall–Kier alpha value is -3.58. The van der Waals surface area contributed by atoms with Gasteiger partial charge in [0.1, 0.15) is 17.2 Å². The number of benzene rings is 2. The van der Waals surface area contributed by atoms with Crippen molar-refractivity contribution in [2.24, 2.45) is 0 Å². The van der Waals surface area contributed by atoms with Gasteiger partial charge in [0.25, 0.3) is 11.8 Å². The molecule has 1 N–H and O–H groups in total. The topological polar surface area (TPSA) is 67.9 Å². The first-order chi connectivity index (χ1) is 15.0. The first-order valence-corrected chi connectivity index (χ1v) is 10.7. The zero-order chi connectivity index (χ0) is 22.0. The first kappa shape index (κ1) is 20.7. The van der Waals surface area contributed by atoms with Crippen LogP contribution < -0.4 is 19.7 Å². The molecular formula is C24H22N2O4S. The van der Waals surface area contributed by atoms with Gasteiger partial charge < -0.3 is 14.8 Å². The van der Waals surface area contributed by atoms with E-state index < -0.39 is 5.91 Å². The highest BCUT2D eigenvalue weighted by Crippen LogP contribution is 2.39. The van der Waals surface area contributed by atoms with Crippen molar-refractivity contribution in [2.45, 2.75) is 13.8 Å². The normalized spacial score (nSPS) is 13.7. The summed E-state index contributed by atoms with van der Waals surface area (Å²) in [6, 6.07) is 16.4. The van der Waals surface area contributed by atoms with Crippen molar-refractivity contribution in [3.63, 3.8) is 0 Å². The van der Waals surface area contributed by atoms with E-state index in [4.69, 9.17) is 9.47 Å². The summed E-state index contributed by atoms with van der Waals surface area (Å²) in [5.74, 6) is 0.386. The summed E-state index contributed by atoms with van der Waals surface area (Å²) in [5.41, 5.74) is 2.61. The highest BCUT2D eigenvalue weighted by Gasteiger charge is 2.41. The summed E-state index contributed by atoms with van der Waals surface area (Å²) in [6.07, 6.45) is 0. The van der Waals surface area contributed by atoms with Gasteiger partial charge in [0, 0.05) is 10.6 Å². The van der Waals surface area contributed by atoms with Crippen LogP contribution in [0.4, 0.5) is 11.4 Å². The van der Waals surface area contributed by atoms with Gasteiger partial charge in [0.15, 0.2) is 0 Å². The number of nitrogens with zero attached hydrogens (tertiary/aromatic N) is 1. The standard InChI is InChI=1S/C24H22N2O4S/c1-4-30-17-10-8-16(9-11-17)25-22-21(20-6-5-13-31-20)23(27)26(24(22)28)18-14-15(2)7-12-19(18)29-3/h5-14,25H,4H2,1-3H3. The Labute approximate surface area is 184 Å². The van der Waals surface area contributed by atoms with E-state index in [1.54, 1.807) is 12.1 Å². The molecule has 0 aliphatic carbocycles. The Kier molecular flexibility index (Phi) is 5.77. The van der Waals surface area contributed by atoms with Crippen molar-refractivity contribution < 1.29 is 19.1 Å². The lowest BCUT2D eigenvalue weighted by Gasteiger charge is -2.19. The molecule has 31 heavy (non-hydrogen) atoms. The summed E-state index contributed by atoms with van der Waals surface area (Å²) in [4.78, 5) is 28.9. The molecule has 2 heterocycles. The van der Waals surface area contributed by atoms with Crippen LogP contribution in [0, 0.1) is 6.92 Å². The third kappa shape index (κ3) is 3.92. The molecule has 0 bridgehead atoms. The maximum atomic E-state index is 13.5. The van der Waals surface area contributed by atoms with Crippen LogP contribution in [0.3, 0.4) is 0 Å². The molecule has 1 aliphatic rings. The Morgan fingerprint density at radius 3 is 2.45 bits per heavy atom. The van der Waals surface area contributed by atoms with Gasteiger partial charge in [-0.2, -0.15) is 0 Å². The van der Waals surface area contributed by atoms with Crippen molar-refractivity contribution in [1.82, 2.24) is 0 Å². The molecule has 2 amide bonds. The fraction of sp³-hybridized carbons (Fsp3) is 0.167. The second kappa shape index (κ2) is 8.65. The summed E-state index contributed by atoms with van der Waals surface area (Å²) in [7, 11) is 1.52. The summed E-state index contributed by atoms with van der Waals surface area (Å²) in [6.45, 7) is 4.39. The monoisotopic (exact) mass is 434 g/mol. The van der Waals surface area contributed by atoms with Gasteiger partial charge in [-0.15, -0.1) is 11.3 Å². The summed E-state index contributed by atoms with van der Waals surface area (Å²) < 4.78 is 10.9. The first-order valence-electron chi connectivity index (χ1n) is 9.85. The van der Waals surface area contributed by atoms with Crippen LogP contribution in [0.5, 0.6) is 11.5 Å². The van der Waals surface area contributed by atoms with Crippen LogP contribution in [0.25, 0.3) is 5.57 Å². The van der Waals surface area contributed by atoms with E-state index in [-0.39, 0.29) is 11.6 Å². The highest BCUT2D eigenvalue weighted by molar-refractivity contribution is 7.11. The number of methoxy groups -OCH3 is 1. The Bertz CT molecular complexity index is 1150. The summed E-state index contributed by atoms with van der Waals surface area (Å²) in [5, 5.41) is 5.04. The van der Waals surface area contributed by atoms with Crippen LogP contribution in [-0.4, -0.2) is 25.5 Å². The van der Waals surface area contributed by atoms with E-state index >= 15 is 0 Å². The second-order valence-electron chi connectivity index (χ2n) is 6.93. The lowest BCUT2D eigenvalue weighted by molar-refractivity contribution is -0.120. The van der Waals surface area contributed by atoms with Crippen LogP contribution in [-0.2, 0) is 9.59 Å². The van der Waals surface area contributed by atoms with Crippen LogP contribution in [0.15, 0.2) is 65.7 Å². The molecule has 7 heteroatoms. The van der Waals surface area contributed by atoms with Crippen LogP contribution >= 0.6 is 11.3 Å². The number of ether oxygens (including phenoxy) is 2. The molecular weight excluding hydrogens is 412 g/mol. The predicted molar refractivity (Wildman–Crippen MR) is 123 cm³/mol. The van der Waals surface area contributed by atoms with Crippen molar-refractivity contribution in [1.29, 1.82) is 0 Å². The van der Waals surface area contributed by atoms with E-state index in [2.05, 4.69) is 5.32 Å². The van der Waals surface area contributed by atoms with E-state index in [1.807, 2.05) is 61.7 Å². The number of amides is 2. The van der Waals surface area contributed by atoms with E-state index in [9.17, 15) is 9.59 Å². The van der Waals surface area contributed by atoms with Crippen molar-refractivity contribution in [2.75, 3.05) is 23.9 Å². The fourth-order valence-electron chi connectivity index (χ4n) is 3.43. The maximum absolute atomic E-state index is 13.5. The highest BCUT2D eigenvalue weighted by atomic mass is 32.1. The molecule has 0 radical (unpaired) electrons. The quantitative estimate of drug-likeness (QED) is 0.538. The fourth-order valence-corrected chi connectivity index (χ4v) is 4.20. The zero-order valence-corrected chi connectivity index (χ0v) is 18.3. The molecule has 6 nitrogen and oxygen atoms in total. The van der Waals surface area contributed by atoms with Crippen LogP contribution in [0.2, 0.25) is 0 Å². The van der Waals surface area contributed by atoms with E-state index in [0.717, 1.165) is 16.2 Å². The van der Waals surface area contributed by atoms with Gasteiger partial charge in [0.2, 0.25) is 0 Å². The molecule has 158 valence electrons. The van der Waals surface area contributed by atoms with Gasteiger partial charge in [-0.25, -0.2) is 4.90 Å². The molecule has 3 aromatic rings. The number of imide groups is 1. The second-order valence-corrected chi connectivity index (χ2v) is 7.88. The number of aryl methyl sites for hydroxylation is 1. The molecule has 2 aromatic carbocycles. The van der Waals surface area contributed by atoms with Crippen molar-refractivity contribution >= 4 is 40.1 Å². The average molecular weight is 435 g/mol. The van der Waals surface area contributed by atoms with E-state index in [0.29, 0.717) is 29.3 Å². The minimum Gasteiger partial charge on any atom is -0.495 e. The van der Waals surface area contributed by atoms with Gasteiger partial charge >= 0.3 is 0 Å². The third-order valence-corrected chi connectivity index (χ3v) is 5.75. The summed E-state index contributed by atoms with van der Waals surface area (Å²) >= 11 is 1.41. The van der Waals surface area contributed by atoms with Gasteiger partial charge in [0.05, 0.1) is 25.0 Å². The van der Waals surface area contributed by atoms with Gasteiger partial charge in [-0.3, -0.25) is 9.59 Å². The van der Waals surface area contributed by atoms with Gasteiger partial charge in [-0.1, -0.05) is 12.1 Å². The molecule has 4 rings (SSSR count). The molecule has 1 aliphatic heterocycles. The molecule has 1 aromatic heterocycles. The number of hydrogen-bond acceptors (Lipinski definition) is 6. The largest absolute Gasteiger partial charge is 0.495 e. The number of thiophene rings is 1. The molecule has 0 saturated heterocycles. The molecule has 0 spiro atoms. The van der Waals surface area contributed by atoms with Crippen molar-refractivity contribution in [3.8, 4) is 11.5 Å². The molecule has 0 atom stereocenters. The Morgan fingerprint density at radius 2 is 1.81 bits per heavy atom. The number of carbonyl (C=O) groups is 2. The molecule has 0 fully saturated rings. The Balaban J connectivity index is 1.76. The predicted octanol–water partition coefficient (Wildman–Crippen LogP) is 4.86. The minimum atomic E-state index is -0.425. The Morgan fingerprint density at radius 1 is 1.03 bits per heavy atom. The third-order valence-electron chi connectivity index (χ3n) is 4.86. The molecule has 0 unspecified atom stereocenters.